The number of rotatable bonds is 3. The molecule has 1 unspecified atom stereocenters. The highest BCUT2D eigenvalue weighted by atomic mass is 32.1. The zero-order chi connectivity index (χ0) is 14.1. The predicted octanol–water partition coefficient (Wildman–Crippen LogP) is 3.73. The van der Waals surface area contributed by atoms with Gasteiger partial charge in [0, 0.05) is 18.0 Å². The molecule has 0 radical (unpaired) electrons. The average molecular weight is 290 g/mol. The van der Waals surface area contributed by atoms with Crippen LogP contribution in [0.25, 0.3) is 0 Å². The van der Waals surface area contributed by atoms with Crippen LogP contribution >= 0.6 is 11.3 Å². The van der Waals surface area contributed by atoms with Crippen LogP contribution in [0.1, 0.15) is 29.0 Å². The van der Waals surface area contributed by atoms with Gasteiger partial charge in [0.2, 0.25) is 0 Å². The van der Waals surface area contributed by atoms with Crippen LogP contribution < -0.4 is 10.2 Å². The summed E-state index contributed by atoms with van der Waals surface area (Å²) in [7, 11) is 1.89. The molecule has 0 amide bonds. The van der Waals surface area contributed by atoms with Crippen LogP contribution in [-0.2, 0) is 13.0 Å². The molecule has 1 aliphatic rings. The number of thiophene rings is 1. The molecular formula is C16H19FN2S. The van der Waals surface area contributed by atoms with E-state index in [1.807, 2.05) is 24.5 Å². The van der Waals surface area contributed by atoms with Crippen molar-refractivity contribution in [2.24, 2.45) is 0 Å². The first-order valence-electron chi connectivity index (χ1n) is 6.97. The average Bonchev–Trinajstić information content (AvgIpc) is 2.90. The van der Waals surface area contributed by atoms with Gasteiger partial charge in [-0.3, -0.25) is 0 Å². The molecule has 2 nitrogen and oxygen atoms in total. The monoisotopic (exact) mass is 290 g/mol. The summed E-state index contributed by atoms with van der Waals surface area (Å²) in [6, 6.07) is 7.76. The molecule has 2 heterocycles. The Bertz CT molecular complexity index is 608. The first-order valence-corrected chi connectivity index (χ1v) is 7.85. The molecule has 3 rings (SSSR count). The largest absolute Gasteiger partial charge is 0.362 e. The number of nitrogens with one attached hydrogen (secondary N) is 1. The van der Waals surface area contributed by atoms with Crippen LogP contribution in [0.2, 0.25) is 0 Å². The Kier molecular flexibility index (Phi) is 3.76. The maximum atomic E-state index is 14.4. The Morgan fingerprint density at radius 1 is 1.40 bits per heavy atom. The van der Waals surface area contributed by atoms with Gasteiger partial charge in [-0.25, -0.2) is 4.39 Å². The molecule has 1 N–H and O–H groups in total. The topological polar surface area (TPSA) is 15.3 Å². The van der Waals surface area contributed by atoms with E-state index in [-0.39, 0.29) is 11.9 Å². The van der Waals surface area contributed by atoms with Gasteiger partial charge < -0.3 is 10.2 Å². The second-order valence-electron chi connectivity index (χ2n) is 5.20. The van der Waals surface area contributed by atoms with E-state index in [2.05, 4.69) is 28.6 Å². The fraction of sp³-hybridized carbons (Fsp3) is 0.375. The van der Waals surface area contributed by atoms with E-state index in [0.29, 0.717) is 6.54 Å². The van der Waals surface area contributed by atoms with E-state index in [1.165, 1.54) is 10.4 Å². The maximum Gasteiger partial charge on any atom is 0.146 e. The highest BCUT2D eigenvalue weighted by molar-refractivity contribution is 7.10. The number of benzene rings is 1. The number of fused-ring (bicyclic) bond motifs is 1. The van der Waals surface area contributed by atoms with Crippen LogP contribution in [0.15, 0.2) is 29.6 Å². The van der Waals surface area contributed by atoms with Crippen LogP contribution in [0.4, 0.5) is 10.1 Å². The van der Waals surface area contributed by atoms with Crippen molar-refractivity contribution >= 4 is 17.0 Å². The Morgan fingerprint density at radius 3 is 3.05 bits per heavy atom. The molecule has 0 saturated carbocycles. The van der Waals surface area contributed by atoms with Gasteiger partial charge in [0.05, 0.1) is 11.7 Å². The fourth-order valence-electron chi connectivity index (χ4n) is 3.03. The lowest BCUT2D eigenvalue weighted by atomic mass is 9.99. The Hall–Kier alpha value is -1.39. The van der Waals surface area contributed by atoms with Gasteiger partial charge in [-0.2, -0.15) is 0 Å². The lowest BCUT2D eigenvalue weighted by Gasteiger charge is -2.37. The molecule has 4 heteroatoms. The molecule has 106 valence electrons. The zero-order valence-corrected chi connectivity index (χ0v) is 12.6. The number of para-hydroxylation sites is 1. The molecule has 0 spiro atoms. The predicted molar refractivity (Wildman–Crippen MR) is 82.9 cm³/mol. The Labute approximate surface area is 123 Å². The van der Waals surface area contributed by atoms with Gasteiger partial charge in [-0.1, -0.05) is 12.1 Å². The minimum atomic E-state index is -0.122. The Balaban J connectivity index is 2.02. The zero-order valence-electron chi connectivity index (χ0n) is 11.8. The first-order chi connectivity index (χ1) is 9.72. The van der Waals surface area contributed by atoms with Gasteiger partial charge in [-0.05, 0) is 49.0 Å². The molecule has 0 saturated heterocycles. The summed E-state index contributed by atoms with van der Waals surface area (Å²) in [5.41, 5.74) is 3.13. The van der Waals surface area contributed by atoms with Gasteiger partial charge in [0.1, 0.15) is 5.82 Å². The van der Waals surface area contributed by atoms with Crippen molar-refractivity contribution in [1.82, 2.24) is 5.32 Å². The first kappa shape index (κ1) is 13.6. The summed E-state index contributed by atoms with van der Waals surface area (Å²) in [6.45, 7) is 3.74. The molecule has 1 aromatic carbocycles. The Morgan fingerprint density at radius 2 is 2.25 bits per heavy atom. The highest BCUT2D eigenvalue weighted by Crippen LogP contribution is 2.38. The lowest BCUT2D eigenvalue weighted by molar-refractivity contribution is 0.577. The van der Waals surface area contributed by atoms with E-state index < -0.39 is 0 Å². The third kappa shape index (κ3) is 2.23. The van der Waals surface area contributed by atoms with Crippen molar-refractivity contribution in [2.45, 2.75) is 25.9 Å². The molecule has 0 fully saturated rings. The molecule has 20 heavy (non-hydrogen) atoms. The number of hydrogen-bond donors (Lipinski definition) is 1. The smallest absolute Gasteiger partial charge is 0.146 e. The van der Waals surface area contributed by atoms with Gasteiger partial charge in [-0.15, -0.1) is 11.3 Å². The molecule has 1 aromatic heterocycles. The molecule has 0 aliphatic carbocycles. The molecule has 1 aliphatic heterocycles. The highest BCUT2D eigenvalue weighted by Gasteiger charge is 2.27. The number of nitrogens with zero attached hydrogens (tertiary/aromatic N) is 1. The summed E-state index contributed by atoms with van der Waals surface area (Å²) in [6.07, 6.45) is 1.00. The second kappa shape index (κ2) is 5.54. The number of anilines is 1. The van der Waals surface area contributed by atoms with Crippen LogP contribution in [0.5, 0.6) is 0 Å². The van der Waals surface area contributed by atoms with Gasteiger partial charge in [0.25, 0.3) is 0 Å². The van der Waals surface area contributed by atoms with Crippen molar-refractivity contribution in [3.63, 3.8) is 0 Å². The van der Waals surface area contributed by atoms with E-state index in [4.69, 9.17) is 0 Å². The fourth-order valence-corrected chi connectivity index (χ4v) is 3.99. The van der Waals surface area contributed by atoms with E-state index in [1.54, 1.807) is 12.1 Å². The summed E-state index contributed by atoms with van der Waals surface area (Å²) in [5, 5.41) is 5.27. The standard InChI is InChI=1S/C16H19FN2S/c1-11-13-7-9-20-15(13)6-8-19(11)16-12(10-18-2)4-3-5-14(16)17/h3-5,7,9,11,18H,6,8,10H2,1-2H3. The maximum absolute atomic E-state index is 14.4. The SMILES string of the molecule is CNCc1cccc(F)c1N1CCc2sccc2C1C. The number of halogens is 1. The molecular weight excluding hydrogens is 271 g/mol. The number of hydrogen-bond acceptors (Lipinski definition) is 3. The van der Waals surface area contributed by atoms with Crippen molar-refractivity contribution in [1.29, 1.82) is 0 Å². The van der Waals surface area contributed by atoms with Crippen LogP contribution in [0.3, 0.4) is 0 Å². The quantitative estimate of drug-likeness (QED) is 0.926. The lowest BCUT2D eigenvalue weighted by Crippen LogP contribution is -2.34. The van der Waals surface area contributed by atoms with Crippen LogP contribution in [0, 0.1) is 5.82 Å². The summed E-state index contributed by atoms with van der Waals surface area (Å²) in [4.78, 5) is 3.65. The van der Waals surface area contributed by atoms with Gasteiger partial charge in [0.15, 0.2) is 0 Å². The van der Waals surface area contributed by atoms with E-state index in [9.17, 15) is 4.39 Å². The van der Waals surface area contributed by atoms with Crippen molar-refractivity contribution in [3.05, 3.63) is 51.5 Å². The van der Waals surface area contributed by atoms with Gasteiger partial charge >= 0.3 is 0 Å². The van der Waals surface area contributed by atoms with Crippen LogP contribution in [-0.4, -0.2) is 13.6 Å². The molecule has 0 bridgehead atoms. The van der Waals surface area contributed by atoms with E-state index in [0.717, 1.165) is 24.2 Å². The van der Waals surface area contributed by atoms with E-state index >= 15 is 0 Å². The van der Waals surface area contributed by atoms with Crippen molar-refractivity contribution in [2.75, 3.05) is 18.5 Å². The summed E-state index contributed by atoms with van der Waals surface area (Å²) >= 11 is 1.81. The third-order valence-corrected chi connectivity index (χ3v) is 5.00. The molecule has 2 aromatic rings. The summed E-state index contributed by atoms with van der Waals surface area (Å²) < 4.78 is 14.4. The minimum absolute atomic E-state index is 0.122. The minimum Gasteiger partial charge on any atom is -0.362 e. The summed E-state index contributed by atoms with van der Waals surface area (Å²) in [5.74, 6) is -0.122. The molecule has 1 atom stereocenters. The second-order valence-corrected chi connectivity index (χ2v) is 6.20. The van der Waals surface area contributed by atoms with Crippen molar-refractivity contribution in [3.8, 4) is 0 Å². The third-order valence-electron chi connectivity index (χ3n) is 4.00. The normalized spacial score (nSPS) is 18.1. The van der Waals surface area contributed by atoms with Crippen molar-refractivity contribution < 1.29 is 4.39 Å².